The van der Waals surface area contributed by atoms with Gasteiger partial charge in [-0.2, -0.15) is 0 Å². The normalized spacial score (nSPS) is 14.4. The van der Waals surface area contributed by atoms with Crippen molar-refractivity contribution < 1.29 is 14.7 Å². The predicted molar refractivity (Wildman–Crippen MR) is 106 cm³/mol. The molecule has 0 spiro atoms. The Balaban J connectivity index is 1.66. The molecule has 1 aliphatic heterocycles. The van der Waals surface area contributed by atoms with Gasteiger partial charge in [-0.15, -0.1) is 0 Å². The summed E-state index contributed by atoms with van der Waals surface area (Å²) in [5.74, 6) is -1.30. The molecule has 2 aromatic carbocycles. The third kappa shape index (κ3) is 4.58. The summed E-state index contributed by atoms with van der Waals surface area (Å²) in [5.41, 5.74) is 3.00. The van der Waals surface area contributed by atoms with Crippen molar-refractivity contribution in [2.75, 3.05) is 36.0 Å². The van der Waals surface area contributed by atoms with E-state index in [0.717, 1.165) is 36.6 Å². The van der Waals surface area contributed by atoms with E-state index in [2.05, 4.69) is 23.2 Å². The molecule has 0 fully saturated rings. The molecular formula is C21H25N3O3. The molecule has 0 bridgehead atoms. The van der Waals surface area contributed by atoms with Crippen LogP contribution in [0.1, 0.15) is 12.5 Å². The van der Waals surface area contributed by atoms with Gasteiger partial charge in [-0.05, 0) is 24.6 Å². The number of amides is 1. The second-order valence-corrected chi connectivity index (χ2v) is 6.64. The molecule has 0 unspecified atom stereocenters. The predicted octanol–water partition coefficient (Wildman–Crippen LogP) is 2.15. The highest BCUT2D eigenvalue weighted by Gasteiger charge is 2.25. The monoisotopic (exact) mass is 367 g/mol. The zero-order chi connectivity index (χ0) is 19.2. The Kier molecular flexibility index (Phi) is 5.96. The minimum atomic E-state index is -1.02. The van der Waals surface area contributed by atoms with Gasteiger partial charge >= 0.3 is 5.97 Å². The molecular weight excluding hydrogens is 342 g/mol. The zero-order valence-electron chi connectivity index (χ0n) is 15.5. The van der Waals surface area contributed by atoms with Crippen molar-refractivity contribution >= 4 is 23.3 Å². The lowest BCUT2D eigenvalue weighted by molar-refractivity contribution is -0.141. The summed E-state index contributed by atoms with van der Waals surface area (Å²) < 4.78 is 0. The van der Waals surface area contributed by atoms with Crippen LogP contribution in [0, 0.1) is 0 Å². The largest absolute Gasteiger partial charge is 0.480 e. The van der Waals surface area contributed by atoms with Gasteiger partial charge in [-0.1, -0.05) is 42.5 Å². The van der Waals surface area contributed by atoms with Crippen LogP contribution in [0.25, 0.3) is 0 Å². The SMILES string of the molecule is CCN1CCN(CC(=O)N[C@@H](Cc2ccccc2)C(=O)O)c2ccccc21. The Bertz CT molecular complexity index is 794. The molecule has 0 aromatic heterocycles. The lowest BCUT2D eigenvalue weighted by atomic mass is 10.1. The molecule has 1 atom stereocenters. The van der Waals surface area contributed by atoms with Crippen LogP contribution < -0.4 is 15.1 Å². The zero-order valence-corrected chi connectivity index (χ0v) is 15.5. The number of carbonyl (C=O) groups excluding carboxylic acids is 1. The number of nitrogens with one attached hydrogen (secondary N) is 1. The second kappa shape index (κ2) is 8.58. The van der Waals surface area contributed by atoms with Crippen molar-refractivity contribution in [3.8, 4) is 0 Å². The van der Waals surface area contributed by atoms with E-state index in [1.165, 1.54) is 0 Å². The van der Waals surface area contributed by atoms with Crippen LogP contribution in [0.15, 0.2) is 54.6 Å². The molecule has 142 valence electrons. The summed E-state index contributed by atoms with van der Waals surface area (Å²) in [7, 11) is 0. The van der Waals surface area contributed by atoms with Crippen LogP contribution in [0.2, 0.25) is 0 Å². The first-order valence-corrected chi connectivity index (χ1v) is 9.23. The molecule has 0 radical (unpaired) electrons. The molecule has 6 nitrogen and oxygen atoms in total. The topological polar surface area (TPSA) is 72.9 Å². The summed E-state index contributed by atoms with van der Waals surface area (Å²) >= 11 is 0. The third-order valence-corrected chi connectivity index (χ3v) is 4.84. The number of benzene rings is 2. The smallest absolute Gasteiger partial charge is 0.326 e. The van der Waals surface area contributed by atoms with Crippen LogP contribution in [0.4, 0.5) is 11.4 Å². The summed E-state index contributed by atoms with van der Waals surface area (Å²) in [6.45, 7) is 4.74. The van der Waals surface area contributed by atoms with Crippen molar-refractivity contribution in [2.45, 2.75) is 19.4 Å². The summed E-state index contributed by atoms with van der Waals surface area (Å²) in [6, 6.07) is 16.4. The minimum Gasteiger partial charge on any atom is -0.480 e. The molecule has 2 aromatic rings. The first kappa shape index (κ1) is 18.8. The number of fused-ring (bicyclic) bond motifs is 1. The lowest BCUT2D eigenvalue weighted by Crippen LogP contribution is -2.49. The van der Waals surface area contributed by atoms with E-state index in [9.17, 15) is 14.7 Å². The minimum absolute atomic E-state index is 0.146. The molecule has 0 saturated heterocycles. The van der Waals surface area contributed by atoms with Gasteiger partial charge in [0.1, 0.15) is 6.04 Å². The number of hydrogen-bond acceptors (Lipinski definition) is 4. The van der Waals surface area contributed by atoms with Gasteiger partial charge in [-0.3, -0.25) is 4.79 Å². The van der Waals surface area contributed by atoms with Gasteiger partial charge in [0.15, 0.2) is 0 Å². The molecule has 27 heavy (non-hydrogen) atoms. The second-order valence-electron chi connectivity index (χ2n) is 6.64. The number of carbonyl (C=O) groups is 2. The third-order valence-electron chi connectivity index (χ3n) is 4.84. The van der Waals surface area contributed by atoms with Crippen molar-refractivity contribution in [3.05, 3.63) is 60.2 Å². The van der Waals surface area contributed by atoms with Crippen molar-refractivity contribution in [1.29, 1.82) is 0 Å². The first-order chi connectivity index (χ1) is 13.1. The maximum absolute atomic E-state index is 12.5. The van der Waals surface area contributed by atoms with Crippen LogP contribution in [-0.4, -0.2) is 49.2 Å². The highest BCUT2D eigenvalue weighted by atomic mass is 16.4. The average Bonchev–Trinajstić information content (AvgIpc) is 2.68. The van der Waals surface area contributed by atoms with Crippen LogP contribution in [0.5, 0.6) is 0 Å². The fraction of sp³-hybridized carbons (Fsp3) is 0.333. The van der Waals surface area contributed by atoms with Gasteiger partial charge in [0.25, 0.3) is 0 Å². The number of aliphatic carboxylic acids is 1. The highest BCUT2D eigenvalue weighted by Crippen LogP contribution is 2.32. The van der Waals surface area contributed by atoms with Gasteiger partial charge in [0, 0.05) is 26.1 Å². The van der Waals surface area contributed by atoms with Crippen LogP contribution in [-0.2, 0) is 16.0 Å². The van der Waals surface area contributed by atoms with E-state index in [0.29, 0.717) is 0 Å². The van der Waals surface area contributed by atoms with E-state index >= 15 is 0 Å². The van der Waals surface area contributed by atoms with E-state index in [-0.39, 0.29) is 18.9 Å². The Morgan fingerprint density at radius 2 is 1.59 bits per heavy atom. The molecule has 1 aliphatic rings. The Labute approximate surface area is 159 Å². The number of para-hydroxylation sites is 2. The van der Waals surface area contributed by atoms with E-state index < -0.39 is 12.0 Å². The van der Waals surface area contributed by atoms with E-state index in [1.54, 1.807) is 0 Å². The van der Waals surface area contributed by atoms with Crippen molar-refractivity contribution in [1.82, 2.24) is 5.32 Å². The standard InChI is InChI=1S/C21H25N3O3/c1-2-23-12-13-24(19-11-7-6-10-18(19)23)15-20(25)22-17(21(26)27)14-16-8-4-3-5-9-16/h3-11,17H,2,12-15H2,1H3,(H,22,25)(H,26,27)/t17-/m0/s1. The molecule has 2 N–H and O–H groups in total. The van der Waals surface area contributed by atoms with Gasteiger partial charge in [-0.25, -0.2) is 4.79 Å². The molecule has 1 heterocycles. The summed E-state index contributed by atoms with van der Waals surface area (Å²) in [6.07, 6.45) is 0.266. The number of hydrogen-bond donors (Lipinski definition) is 2. The summed E-state index contributed by atoms with van der Waals surface area (Å²) in [4.78, 5) is 28.4. The molecule has 0 saturated carbocycles. The fourth-order valence-corrected chi connectivity index (χ4v) is 3.44. The number of rotatable bonds is 7. The highest BCUT2D eigenvalue weighted by molar-refractivity contribution is 5.88. The Morgan fingerprint density at radius 1 is 1.00 bits per heavy atom. The fourth-order valence-electron chi connectivity index (χ4n) is 3.44. The average molecular weight is 367 g/mol. The van der Waals surface area contributed by atoms with E-state index in [4.69, 9.17) is 0 Å². The number of nitrogens with zero attached hydrogens (tertiary/aromatic N) is 2. The van der Waals surface area contributed by atoms with Gasteiger partial charge < -0.3 is 20.2 Å². The lowest BCUT2D eigenvalue weighted by Gasteiger charge is -2.38. The Hall–Kier alpha value is -3.02. The van der Waals surface area contributed by atoms with Gasteiger partial charge in [0.2, 0.25) is 5.91 Å². The Morgan fingerprint density at radius 3 is 2.22 bits per heavy atom. The molecule has 1 amide bonds. The summed E-state index contributed by atoms with van der Waals surface area (Å²) in [5, 5.41) is 12.2. The first-order valence-electron chi connectivity index (χ1n) is 9.23. The van der Waals surface area contributed by atoms with Crippen LogP contribution in [0.3, 0.4) is 0 Å². The number of carboxylic acid groups (broad SMARTS) is 1. The van der Waals surface area contributed by atoms with Crippen LogP contribution >= 0.6 is 0 Å². The molecule has 6 heteroatoms. The number of anilines is 2. The quantitative estimate of drug-likeness (QED) is 0.784. The molecule has 0 aliphatic carbocycles. The van der Waals surface area contributed by atoms with Crippen molar-refractivity contribution in [2.24, 2.45) is 0 Å². The maximum Gasteiger partial charge on any atom is 0.326 e. The number of carboxylic acids is 1. The number of likely N-dealkylation sites (N-methyl/N-ethyl adjacent to an activating group) is 1. The van der Waals surface area contributed by atoms with Crippen molar-refractivity contribution in [3.63, 3.8) is 0 Å². The molecule has 3 rings (SSSR count). The van der Waals surface area contributed by atoms with Gasteiger partial charge in [0.05, 0.1) is 17.9 Å². The maximum atomic E-state index is 12.5. The van der Waals surface area contributed by atoms with E-state index in [1.807, 2.05) is 53.4 Å².